The van der Waals surface area contributed by atoms with E-state index in [2.05, 4.69) is 4.90 Å². The zero-order chi connectivity index (χ0) is 16.3. The molecule has 2 saturated heterocycles. The Morgan fingerprint density at radius 2 is 1.87 bits per heavy atom. The van der Waals surface area contributed by atoms with Gasteiger partial charge in [-0.15, -0.1) is 0 Å². The fourth-order valence-electron chi connectivity index (χ4n) is 3.30. The number of ether oxygens (including phenoxy) is 1. The van der Waals surface area contributed by atoms with E-state index < -0.39 is 5.60 Å². The Morgan fingerprint density at radius 3 is 2.57 bits per heavy atom. The van der Waals surface area contributed by atoms with Gasteiger partial charge in [-0.3, -0.25) is 9.69 Å². The van der Waals surface area contributed by atoms with Crippen molar-refractivity contribution in [3.05, 3.63) is 35.6 Å². The standard InChI is InChI=1S/C17H23FN2O3/c18-15-4-2-14(3-5-15)12-20-7-1-6-17(22,16(20)21)13-19-8-10-23-11-9-19/h2-5,22H,1,6-13H2/t17-/m1/s1. The molecule has 1 atom stereocenters. The number of hydrogen-bond acceptors (Lipinski definition) is 4. The number of halogens is 1. The average molecular weight is 322 g/mol. The Balaban J connectivity index is 1.65. The molecule has 5 nitrogen and oxygen atoms in total. The highest BCUT2D eigenvalue weighted by molar-refractivity contribution is 5.86. The maximum Gasteiger partial charge on any atom is 0.256 e. The summed E-state index contributed by atoms with van der Waals surface area (Å²) in [4.78, 5) is 16.5. The fraction of sp³-hybridized carbons (Fsp3) is 0.588. The lowest BCUT2D eigenvalue weighted by Gasteiger charge is -2.41. The minimum absolute atomic E-state index is 0.223. The van der Waals surface area contributed by atoms with Crippen LogP contribution in [0.4, 0.5) is 4.39 Å². The van der Waals surface area contributed by atoms with Crippen molar-refractivity contribution in [3.63, 3.8) is 0 Å². The number of β-amino-alcohol motifs (C(OH)–C–C–N with tert-alkyl or cyclic N) is 1. The third kappa shape index (κ3) is 3.88. The monoisotopic (exact) mass is 322 g/mol. The number of carbonyl (C=O) groups excluding carboxylic acids is 1. The number of hydrogen-bond donors (Lipinski definition) is 1. The van der Waals surface area contributed by atoms with Crippen LogP contribution in [0, 0.1) is 5.82 Å². The molecule has 2 heterocycles. The van der Waals surface area contributed by atoms with Gasteiger partial charge in [-0.2, -0.15) is 0 Å². The van der Waals surface area contributed by atoms with Crippen molar-refractivity contribution >= 4 is 5.91 Å². The highest BCUT2D eigenvalue weighted by Gasteiger charge is 2.43. The molecule has 2 fully saturated rings. The van der Waals surface area contributed by atoms with Gasteiger partial charge >= 0.3 is 0 Å². The van der Waals surface area contributed by atoms with Gasteiger partial charge in [0.1, 0.15) is 5.82 Å². The smallest absolute Gasteiger partial charge is 0.256 e. The molecule has 0 radical (unpaired) electrons. The van der Waals surface area contributed by atoms with E-state index in [9.17, 15) is 14.3 Å². The quantitative estimate of drug-likeness (QED) is 0.899. The molecule has 0 unspecified atom stereocenters. The van der Waals surface area contributed by atoms with Crippen LogP contribution < -0.4 is 0 Å². The van der Waals surface area contributed by atoms with E-state index in [1.807, 2.05) is 0 Å². The number of piperidine rings is 1. The van der Waals surface area contributed by atoms with E-state index in [1.165, 1.54) is 12.1 Å². The molecule has 2 aliphatic rings. The molecule has 0 aromatic heterocycles. The molecular formula is C17H23FN2O3. The second kappa shape index (κ2) is 6.95. The van der Waals surface area contributed by atoms with Crippen molar-refractivity contribution in [1.82, 2.24) is 9.80 Å². The van der Waals surface area contributed by atoms with E-state index in [-0.39, 0.29) is 11.7 Å². The van der Waals surface area contributed by atoms with Crippen molar-refractivity contribution in [2.45, 2.75) is 25.0 Å². The van der Waals surface area contributed by atoms with Gasteiger partial charge in [0.25, 0.3) is 5.91 Å². The normalized spacial score (nSPS) is 26.5. The third-order valence-corrected chi connectivity index (χ3v) is 4.58. The van der Waals surface area contributed by atoms with Gasteiger partial charge in [-0.1, -0.05) is 12.1 Å². The molecule has 126 valence electrons. The van der Waals surface area contributed by atoms with Gasteiger partial charge < -0.3 is 14.7 Å². The van der Waals surface area contributed by atoms with Crippen molar-refractivity contribution in [2.24, 2.45) is 0 Å². The molecule has 0 saturated carbocycles. The van der Waals surface area contributed by atoms with Gasteiger partial charge in [0.05, 0.1) is 13.2 Å². The fourth-order valence-corrected chi connectivity index (χ4v) is 3.30. The van der Waals surface area contributed by atoms with Crippen LogP contribution in [0.2, 0.25) is 0 Å². The first kappa shape index (κ1) is 16.4. The summed E-state index contributed by atoms with van der Waals surface area (Å²) >= 11 is 0. The van der Waals surface area contributed by atoms with Crippen LogP contribution in [-0.2, 0) is 16.1 Å². The zero-order valence-corrected chi connectivity index (χ0v) is 13.2. The molecule has 2 aliphatic heterocycles. The summed E-state index contributed by atoms with van der Waals surface area (Å²) in [7, 11) is 0. The topological polar surface area (TPSA) is 53.0 Å². The van der Waals surface area contributed by atoms with Gasteiger partial charge in [-0.25, -0.2) is 4.39 Å². The number of likely N-dealkylation sites (tertiary alicyclic amines) is 1. The van der Waals surface area contributed by atoms with E-state index >= 15 is 0 Å². The molecule has 0 aliphatic carbocycles. The number of aliphatic hydroxyl groups is 1. The van der Waals surface area contributed by atoms with Crippen molar-refractivity contribution < 1.29 is 19.0 Å². The molecule has 1 N–H and O–H groups in total. The van der Waals surface area contributed by atoms with Crippen molar-refractivity contribution in [2.75, 3.05) is 39.4 Å². The first-order chi connectivity index (χ1) is 11.1. The lowest BCUT2D eigenvalue weighted by atomic mass is 9.90. The Hall–Kier alpha value is -1.50. The SMILES string of the molecule is O=C1N(Cc2ccc(F)cc2)CCC[C@@]1(O)CN1CCOCC1. The lowest BCUT2D eigenvalue weighted by Crippen LogP contribution is -2.59. The van der Waals surface area contributed by atoms with E-state index in [4.69, 9.17) is 4.74 Å². The molecule has 1 amide bonds. The van der Waals surface area contributed by atoms with Crippen LogP contribution in [0.5, 0.6) is 0 Å². The number of benzene rings is 1. The van der Waals surface area contributed by atoms with E-state index in [1.54, 1.807) is 17.0 Å². The Kier molecular flexibility index (Phi) is 4.94. The summed E-state index contributed by atoms with van der Waals surface area (Å²) in [6.07, 6.45) is 1.26. The molecule has 0 bridgehead atoms. The third-order valence-electron chi connectivity index (χ3n) is 4.58. The molecule has 1 aromatic carbocycles. The summed E-state index contributed by atoms with van der Waals surface area (Å²) in [5.74, 6) is -0.512. The summed E-state index contributed by atoms with van der Waals surface area (Å²) in [6, 6.07) is 6.14. The second-order valence-corrected chi connectivity index (χ2v) is 6.38. The molecule has 6 heteroatoms. The predicted octanol–water partition coefficient (Wildman–Crippen LogP) is 1.01. The van der Waals surface area contributed by atoms with Crippen LogP contribution in [0.3, 0.4) is 0 Å². The maximum atomic E-state index is 13.0. The lowest BCUT2D eigenvalue weighted by molar-refractivity contribution is -0.161. The number of carbonyl (C=O) groups is 1. The Labute approximate surface area is 135 Å². The van der Waals surface area contributed by atoms with Crippen LogP contribution >= 0.6 is 0 Å². The first-order valence-corrected chi connectivity index (χ1v) is 8.13. The second-order valence-electron chi connectivity index (χ2n) is 6.38. The minimum Gasteiger partial charge on any atom is -0.379 e. The minimum atomic E-state index is -1.32. The molecule has 3 rings (SSSR count). The Morgan fingerprint density at radius 1 is 1.17 bits per heavy atom. The van der Waals surface area contributed by atoms with Crippen LogP contribution in [-0.4, -0.2) is 65.8 Å². The number of nitrogens with zero attached hydrogens (tertiary/aromatic N) is 2. The molecule has 1 aromatic rings. The van der Waals surface area contributed by atoms with Crippen molar-refractivity contribution in [1.29, 1.82) is 0 Å². The summed E-state index contributed by atoms with van der Waals surface area (Å²) < 4.78 is 18.3. The molecule has 0 spiro atoms. The highest BCUT2D eigenvalue weighted by Crippen LogP contribution is 2.25. The number of morpholine rings is 1. The average Bonchev–Trinajstić information content (AvgIpc) is 2.55. The summed E-state index contributed by atoms with van der Waals surface area (Å²) in [6.45, 7) is 4.16. The van der Waals surface area contributed by atoms with Crippen molar-refractivity contribution in [3.8, 4) is 0 Å². The molecular weight excluding hydrogens is 299 g/mol. The van der Waals surface area contributed by atoms with E-state index in [0.717, 1.165) is 25.1 Å². The maximum absolute atomic E-state index is 13.0. The first-order valence-electron chi connectivity index (χ1n) is 8.13. The summed E-state index contributed by atoms with van der Waals surface area (Å²) in [5, 5.41) is 10.9. The largest absolute Gasteiger partial charge is 0.379 e. The number of rotatable bonds is 4. The van der Waals surface area contributed by atoms with Gasteiger partial charge in [0.2, 0.25) is 0 Å². The zero-order valence-electron chi connectivity index (χ0n) is 13.2. The summed E-state index contributed by atoms with van der Waals surface area (Å²) in [5.41, 5.74) is -0.453. The van der Waals surface area contributed by atoms with Gasteiger partial charge in [0.15, 0.2) is 5.60 Å². The van der Waals surface area contributed by atoms with Crippen LogP contribution in [0.15, 0.2) is 24.3 Å². The number of amides is 1. The van der Waals surface area contributed by atoms with Crippen LogP contribution in [0.25, 0.3) is 0 Å². The van der Waals surface area contributed by atoms with Gasteiger partial charge in [0, 0.05) is 32.7 Å². The van der Waals surface area contributed by atoms with E-state index in [0.29, 0.717) is 39.3 Å². The highest BCUT2D eigenvalue weighted by atomic mass is 19.1. The molecule has 23 heavy (non-hydrogen) atoms. The Bertz CT molecular complexity index is 545. The van der Waals surface area contributed by atoms with Gasteiger partial charge in [-0.05, 0) is 30.5 Å². The predicted molar refractivity (Wildman–Crippen MR) is 83.3 cm³/mol. The van der Waals surface area contributed by atoms with Crippen LogP contribution in [0.1, 0.15) is 18.4 Å².